The Morgan fingerprint density at radius 3 is 2.68 bits per heavy atom. The van der Waals surface area contributed by atoms with Gasteiger partial charge in [-0.2, -0.15) is 0 Å². The third kappa shape index (κ3) is 4.11. The summed E-state index contributed by atoms with van der Waals surface area (Å²) in [5, 5.41) is 3.45. The zero-order valence-electron chi connectivity index (χ0n) is 11.9. The summed E-state index contributed by atoms with van der Waals surface area (Å²) in [6.45, 7) is 7.23. The summed E-state index contributed by atoms with van der Waals surface area (Å²) in [5.74, 6) is 1.73. The minimum absolute atomic E-state index is 0.00863. The molecule has 0 amide bonds. The van der Waals surface area contributed by atoms with Crippen LogP contribution in [0.4, 0.5) is 0 Å². The van der Waals surface area contributed by atoms with Crippen LogP contribution in [0.15, 0.2) is 18.2 Å². The Morgan fingerprint density at radius 1 is 1.21 bits per heavy atom. The number of benzene rings is 1. The summed E-state index contributed by atoms with van der Waals surface area (Å²) in [6.07, 6.45) is 1.90. The molecule has 4 heteroatoms. The maximum atomic E-state index is 5.70. The van der Waals surface area contributed by atoms with Crippen molar-refractivity contribution in [2.75, 3.05) is 26.3 Å². The molecule has 0 fully saturated rings. The van der Waals surface area contributed by atoms with Gasteiger partial charge < -0.3 is 20.5 Å². The Morgan fingerprint density at radius 2 is 1.95 bits per heavy atom. The van der Waals surface area contributed by atoms with Gasteiger partial charge in [0.05, 0.1) is 13.2 Å². The number of fused-ring (bicyclic) bond motifs is 1. The number of hydrogen-bond acceptors (Lipinski definition) is 4. The molecule has 0 bridgehead atoms. The number of nitrogens with two attached hydrogens (primary N) is 1. The van der Waals surface area contributed by atoms with E-state index in [2.05, 4.69) is 31.3 Å². The molecule has 106 valence electrons. The molecule has 0 unspecified atom stereocenters. The van der Waals surface area contributed by atoms with Crippen LogP contribution >= 0.6 is 0 Å². The fourth-order valence-electron chi connectivity index (χ4n) is 1.98. The molecular formula is C15H24N2O2. The highest BCUT2D eigenvalue weighted by atomic mass is 16.5. The van der Waals surface area contributed by atoms with Gasteiger partial charge in [0.1, 0.15) is 0 Å². The van der Waals surface area contributed by atoms with Crippen LogP contribution in [0.3, 0.4) is 0 Å². The van der Waals surface area contributed by atoms with Gasteiger partial charge in [0.15, 0.2) is 11.5 Å². The van der Waals surface area contributed by atoms with Crippen LogP contribution in [0.25, 0.3) is 0 Å². The van der Waals surface area contributed by atoms with E-state index in [0.717, 1.165) is 44.1 Å². The van der Waals surface area contributed by atoms with Gasteiger partial charge in [-0.3, -0.25) is 0 Å². The van der Waals surface area contributed by atoms with E-state index >= 15 is 0 Å². The largest absolute Gasteiger partial charge is 0.490 e. The molecule has 2 rings (SSSR count). The highest BCUT2D eigenvalue weighted by molar-refractivity contribution is 5.43. The summed E-state index contributed by atoms with van der Waals surface area (Å²) in [6, 6.07) is 6.19. The van der Waals surface area contributed by atoms with E-state index in [0.29, 0.717) is 6.54 Å². The Kier molecular flexibility index (Phi) is 4.66. The number of ether oxygens (including phenoxy) is 2. The van der Waals surface area contributed by atoms with E-state index in [-0.39, 0.29) is 5.54 Å². The molecule has 0 atom stereocenters. The molecule has 1 aromatic carbocycles. The first-order valence-corrected chi connectivity index (χ1v) is 6.94. The highest BCUT2D eigenvalue weighted by Gasteiger charge is 2.14. The Bertz CT molecular complexity index is 419. The number of hydrogen-bond donors (Lipinski definition) is 2. The molecule has 19 heavy (non-hydrogen) atoms. The standard InChI is InChI=1S/C15H24N2O2/c1-15(2,11-16)17-7-6-12-4-5-13-14(10-12)19-9-3-8-18-13/h4-5,10,17H,3,6-9,11,16H2,1-2H3. The maximum absolute atomic E-state index is 5.70. The van der Waals surface area contributed by atoms with Gasteiger partial charge in [-0.05, 0) is 44.5 Å². The summed E-state index contributed by atoms with van der Waals surface area (Å²) in [4.78, 5) is 0. The van der Waals surface area contributed by atoms with Crippen molar-refractivity contribution in [3.05, 3.63) is 23.8 Å². The lowest BCUT2D eigenvalue weighted by atomic mass is 10.1. The zero-order valence-corrected chi connectivity index (χ0v) is 11.9. The molecule has 0 saturated carbocycles. The monoisotopic (exact) mass is 264 g/mol. The van der Waals surface area contributed by atoms with Crippen molar-refractivity contribution < 1.29 is 9.47 Å². The maximum Gasteiger partial charge on any atom is 0.161 e. The van der Waals surface area contributed by atoms with Crippen LogP contribution in [0, 0.1) is 0 Å². The molecule has 4 nitrogen and oxygen atoms in total. The summed E-state index contributed by atoms with van der Waals surface area (Å²) in [7, 11) is 0. The van der Waals surface area contributed by atoms with Gasteiger partial charge in [-0.1, -0.05) is 6.07 Å². The van der Waals surface area contributed by atoms with E-state index in [1.54, 1.807) is 0 Å². The number of nitrogens with one attached hydrogen (secondary N) is 1. The second-order valence-electron chi connectivity index (χ2n) is 5.60. The molecule has 0 spiro atoms. The predicted octanol–water partition coefficient (Wildman–Crippen LogP) is 1.72. The molecule has 1 aliphatic heterocycles. The molecule has 0 aliphatic carbocycles. The van der Waals surface area contributed by atoms with Crippen molar-refractivity contribution in [3.8, 4) is 11.5 Å². The zero-order chi connectivity index (χ0) is 13.7. The van der Waals surface area contributed by atoms with Crippen LogP contribution in [-0.4, -0.2) is 31.8 Å². The summed E-state index contributed by atoms with van der Waals surface area (Å²) < 4.78 is 11.3. The first-order chi connectivity index (χ1) is 9.11. The second kappa shape index (κ2) is 6.26. The third-order valence-electron chi connectivity index (χ3n) is 3.34. The smallest absolute Gasteiger partial charge is 0.161 e. The fourth-order valence-corrected chi connectivity index (χ4v) is 1.98. The van der Waals surface area contributed by atoms with Crippen molar-refractivity contribution in [2.45, 2.75) is 32.2 Å². The molecule has 3 N–H and O–H groups in total. The molecule has 0 aromatic heterocycles. The van der Waals surface area contributed by atoms with Crippen LogP contribution in [0.5, 0.6) is 11.5 Å². The van der Waals surface area contributed by atoms with Gasteiger partial charge in [0.25, 0.3) is 0 Å². The summed E-state index contributed by atoms with van der Waals surface area (Å²) >= 11 is 0. The highest BCUT2D eigenvalue weighted by Crippen LogP contribution is 2.30. The quantitative estimate of drug-likeness (QED) is 0.850. The SMILES string of the molecule is CC(C)(CN)NCCc1ccc2c(c1)OCCCO2. The minimum atomic E-state index is -0.00863. The summed E-state index contributed by atoms with van der Waals surface area (Å²) in [5.41, 5.74) is 6.94. The van der Waals surface area contributed by atoms with Crippen molar-refractivity contribution in [1.82, 2.24) is 5.32 Å². The Balaban J connectivity index is 1.93. The average Bonchev–Trinajstić information content (AvgIpc) is 2.63. The van der Waals surface area contributed by atoms with E-state index in [4.69, 9.17) is 15.2 Å². The first kappa shape index (κ1) is 14.2. The van der Waals surface area contributed by atoms with Gasteiger partial charge in [-0.15, -0.1) is 0 Å². The van der Waals surface area contributed by atoms with Gasteiger partial charge in [0.2, 0.25) is 0 Å². The van der Waals surface area contributed by atoms with Crippen LogP contribution < -0.4 is 20.5 Å². The molecule has 0 saturated heterocycles. The van der Waals surface area contributed by atoms with Crippen LogP contribution in [-0.2, 0) is 6.42 Å². The number of rotatable bonds is 5. The normalized spacial score (nSPS) is 15.1. The molecule has 1 aliphatic rings. The second-order valence-corrected chi connectivity index (χ2v) is 5.60. The van der Waals surface area contributed by atoms with Crippen molar-refractivity contribution >= 4 is 0 Å². The Hall–Kier alpha value is -1.26. The Labute approximate surface area is 115 Å². The van der Waals surface area contributed by atoms with E-state index < -0.39 is 0 Å². The van der Waals surface area contributed by atoms with E-state index in [1.165, 1.54) is 5.56 Å². The molecule has 0 radical (unpaired) electrons. The first-order valence-electron chi connectivity index (χ1n) is 6.94. The van der Waals surface area contributed by atoms with E-state index in [1.807, 2.05) is 6.07 Å². The fraction of sp³-hybridized carbons (Fsp3) is 0.600. The lowest BCUT2D eigenvalue weighted by molar-refractivity contribution is 0.297. The van der Waals surface area contributed by atoms with Crippen molar-refractivity contribution in [1.29, 1.82) is 0 Å². The van der Waals surface area contributed by atoms with Crippen molar-refractivity contribution in [2.24, 2.45) is 5.73 Å². The van der Waals surface area contributed by atoms with Gasteiger partial charge in [0, 0.05) is 18.5 Å². The molecular weight excluding hydrogens is 240 g/mol. The average molecular weight is 264 g/mol. The van der Waals surface area contributed by atoms with Gasteiger partial charge >= 0.3 is 0 Å². The minimum Gasteiger partial charge on any atom is -0.490 e. The van der Waals surface area contributed by atoms with Crippen LogP contribution in [0.1, 0.15) is 25.8 Å². The molecule has 1 aromatic rings. The molecule has 1 heterocycles. The predicted molar refractivity (Wildman–Crippen MR) is 76.9 cm³/mol. The lowest BCUT2D eigenvalue weighted by Crippen LogP contribution is -2.46. The topological polar surface area (TPSA) is 56.5 Å². The van der Waals surface area contributed by atoms with Crippen LogP contribution in [0.2, 0.25) is 0 Å². The van der Waals surface area contributed by atoms with Crippen molar-refractivity contribution in [3.63, 3.8) is 0 Å². The van der Waals surface area contributed by atoms with E-state index in [9.17, 15) is 0 Å². The third-order valence-corrected chi connectivity index (χ3v) is 3.34. The lowest BCUT2D eigenvalue weighted by Gasteiger charge is -2.24. The van der Waals surface area contributed by atoms with Gasteiger partial charge in [-0.25, -0.2) is 0 Å².